The van der Waals surface area contributed by atoms with Gasteiger partial charge >= 0.3 is 0 Å². The second kappa shape index (κ2) is 16.9. The van der Waals surface area contributed by atoms with Gasteiger partial charge in [0.05, 0.1) is 11.5 Å². The van der Waals surface area contributed by atoms with Crippen molar-refractivity contribution >= 4 is 44.4 Å². The number of anilines is 3. The molecule has 3 nitrogen and oxygen atoms in total. The number of hydrogen-bond donors (Lipinski definition) is 0. The molecule has 0 N–H and O–H groups in total. The van der Waals surface area contributed by atoms with Crippen molar-refractivity contribution in [2.24, 2.45) is 5.92 Å². The molecule has 278 valence electrons. The van der Waals surface area contributed by atoms with Crippen molar-refractivity contribution < 1.29 is 4.79 Å². The van der Waals surface area contributed by atoms with Gasteiger partial charge in [0.1, 0.15) is 6.07 Å². The van der Waals surface area contributed by atoms with Gasteiger partial charge in [-0.3, -0.25) is 4.79 Å². The molecule has 9 rings (SSSR count). The highest BCUT2D eigenvalue weighted by atomic mass is 16.1. The van der Waals surface area contributed by atoms with Gasteiger partial charge in [-0.25, -0.2) is 0 Å². The molecule has 0 heterocycles. The van der Waals surface area contributed by atoms with Crippen LogP contribution in [0.1, 0.15) is 49.3 Å². The van der Waals surface area contributed by atoms with Crippen LogP contribution in [0.3, 0.4) is 0 Å². The molecule has 0 amide bonds. The molecule has 0 saturated heterocycles. The molecule has 1 aliphatic carbocycles. The average Bonchev–Trinajstić information content (AvgIpc) is 3.86. The van der Waals surface area contributed by atoms with Crippen LogP contribution in [0.5, 0.6) is 0 Å². The number of fused-ring (bicyclic) bond motifs is 2. The van der Waals surface area contributed by atoms with E-state index in [2.05, 4.69) is 144 Å². The molecule has 0 saturated carbocycles. The predicted octanol–water partition coefficient (Wildman–Crippen LogP) is 12.5. The Morgan fingerprint density at radius 2 is 0.867 bits per heavy atom. The first kappa shape index (κ1) is 37.0. The lowest BCUT2D eigenvalue weighted by atomic mass is 9.91. The Hall–Kier alpha value is -8.60. The van der Waals surface area contributed by atoms with E-state index in [1.54, 1.807) is 6.07 Å². The molecular formula is C57H34N2O. The van der Waals surface area contributed by atoms with Crippen LogP contribution in [0.25, 0.3) is 21.5 Å². The standard InChI is InChI=1S/C57H34N2O/c58-40-47-39-43(24-23-41-25-32-46(33-26-41)57(60)45-13-7-8-14-45)27-31-44(47)34-38-56-53-21-11-9-19-51(53)55(52-20-10-12-22-54(52)56)37-30-42-28-35-50(36-29-42)59(48-15-3-1-4-16-48)49-17-5-2-6-18-49/h1-22,25-29,31-33,35-36,39,45H. The summed E-state index contributed by atoms with van der Waals surface area (Å²) in [6, 6.07) is 60.7. The van der Waals surface area contributed by atoms with Gasteiger partial charge in [0, 0.05) is 56.0 Å². The number of nitriles is 1. The molecule has 0 aliphatic heterocycles. The summed E-state index contributed by atoms with van der Waals surface area (Å²) in [6.45, 7) is 0. The van der Waals surface area contributed by atoms with Gasteiger partial charge in [-0.05, 0) is 100 Å². The molecule has 0 aromatic heterocycles. The van der Waals surface area contributed by atoms with E-state index in [4.69, 9.17) is 0 Å². The summed E-state index contributed by atoms with van der Waals surface area (Å²) in [5.74, 6) is 20.0. The molecule has 0 unspecified atom stereocenters. The maximum atomic E-state index is 12.7. The Labute approximate surface area is 350 Å². The fourth-order valence-electron chi connectivity index (χ4n) is 7.44. The van der Waals surface area contributed by atoms with Crippen LogP contribution in [0.4, 0.5) is 17.1 Å². The van der Waals surface area contributed by atoms with Crippen LogP contribution in [0.15, 0.2) is 200 Å². The third-order valence-electron chi connectivity index (χ3n) is 10.5. The third-order valence-corrected chi connectivity index (χ3v) is 10.5. The summed E-state index contributed by atoms with van der Waals surface area (Å²) in [4.78, 5) is 14.9. The van der Waals surface area contributed by atoms with Crippen molar-refractivity contribution in [3.8, 4) is 41.6 Å². The van der Waals surface area contributed by atoms with Crippen LogP contribution >= 0.6 is 0 Å². The van der Waals surface area contributed by atoms with Crippen LogP contribution in [0.2, 0.25) is 0 Å². The maximum absolute atomic E-state index is 12.7. The van der Waals surface area contributed by atoms with Crippen LogP contribution in [0, 0.1) is 52.8 Å². The van der Waals surface area contributed by atoms with Crippen molar-refractivity contribution in [2.75, 3.05) is 4.90 Å². The minimum absolute atomic E-state index is 0.0635. The summed E-state index contributed by atoms with van der Waals surface area (Å²) in [6.07, 6.45) is 7.56. The molecule has 8 aromatic rings. The summed E-state index contributed by atoms with van der Waals surface area (Å²) < 4.78 is 0. The lowest BCUT2D eigenvalue weighted by molar-refractivity contribution is 0.0966. The SMILES string of the molecule is N#Cc1cc(C#Cc2ccc(C(=O)C3C=CC=C3)cc2)ccc1C#Cc1c2ccccc2c(C#Cc2ccc(N(c3ccccc3)c3ccccc3)cc2)c2ccccc12. The fourth-order valence-corrected chi connectivity index (χ4v) is 7.44. The molecule has 0 radical (unpaired) electrons. The number of nitrogens with zero attached hydrogens (tertiary/aromatic N) is 2. The zero-order valence-electron chi connectivity index (χ0n) is 32.4. The first-order chi connectivity index (χ1) is 29.6. The number of carbonyl (C=O) groups excluding carboxylic acids is 1. The van der Waals surface area contributed by atoms with Crippen molar-refractivity contribution in [1.82, 2.24) is 0 Å². The number of hydrogen-bond acceptors (Lipinski definition) is 3. The van der Waals surface area contributed by atoms with Gasteiger partial charge in [0.15, 0.2) is 5.78 Å². The third kappa shape index (κ3) is 7.72. The Morgan fingerprint density at radius 3 is 1.40 bits per heavy atom. The van der Waals surface area contributed by atoms with Gasteiger partial charge in [0.25, 0.3) is 0 Å². The minimum atomic E-state index is -0.210. The van der Waals surface area contributed by atoms with E-state index in [1.165, 1.54) is 0 Å². The number of benzene rings is 8. The number of rotatable bonds is 5. The number of allylic oxidation sites excluding steroid dienone is 4. The molecule has 0 fully saturated rings. The number of ketones is 1. The fraction of sp³-hybridized carbons (Fsp3) is 0.0175. The van der Waals surface area contributed by atoms with E-state index in [0.717, 1.165) is 60.9 Å². The first-order valence-corrected chi connectivity index (χ1v) is 19.7. The van der Waals surface area contributed by atoms with Gasteiger partial charge in [0.2, 0.25) is 0 Å². The second-order valence-electron chi connectivity index (χ2n) is 14.3. The van der Waals surface area contributed by atoms with Crippen LogP contribution < -0.4 is 4.90 Å². The zero-order chi connectivity index (χ0) is 40.7. The topological polar surface area (TPSA) is 44.1 Å². The average molecular weight is 763 g/mol. The van der Waals surface area contributed by atoms with Crippen molar-refractivity contribution in [3.05, 3.63) is 245 Å². The quantitative estimate of drug-likeness (QED) is 0.0996. The van der Waals surface area contributed by atoms with Crippen molar-refractivity contribution in [3.63, 3.8) is 0 Å². The molecule has 3 heteroatoms. The Morgan fingerprint density at radius 1 is 0.433 bits per heavy atom. The normalized spacial score (nSPS) is 11.4. The highest BCUT2D eigenvalue weighted by Crippen LogP contribution is 2.35. The molecule has 1 aliphatic rings. The van der Waals surface area contributed by atoms with E-state index in [9.17, 15) is 10.1 Å². The van der Waals surface area contributed by atoms with Gasteiger partial charge in [-0.2, -0.15) is 5.26 Å². The largest absolute Gasteiger partial charge is 0.311 e. The van der Waals surface area contributed by atoms with Gasteiger partial charge in [-0.15, -0.1) is 0 Å². The number of para-hydroxylation sites is 2. The highest BCUT2D eigenvalue weighted by Gasteiger charge is 2.16. The van der Waals surface area contributed by atoms with Crippen LogP contribution in [-0.4, -0.2) is 5.78 Å². The number of carbonyl (C=O) groups is 1. The summed E-state index contributed by atoms with van der Waals surface area (Å²) in [5.41, 5.74) is 9.16. The Bertz CT molecular complexity index is 3120. The molecule has 0 bridgehead atoms. The lowest BCUT2D eigenvalue weighted by Gasteiger charge is -2.25. The summed E-state index contributed by atoms with van der Waals surface area (Å²) in [7, 11) is 0. The minimum Gasteiger partial charge on any atom is -0.311 e. The van der Waals surface area contributed by atoms with E-state index >= 15 is 0 Å². The maximum Gasteiger partial charge on any atom is 0.173 e. The summed E-state index contributed by atoms with van der Waals surface area (Å²) >= 11 is 0. The molecule has 0 spiro atoms. The Kier molecular flexibility index (Phi) is 10.4. The second-order valence-corrected chi connectivity index (χ2v) is 14.3. The van der Waals surface area contributed by atoms with E-state index < -0.39 is 0 Å². The van der Waals surface area contributed by atoms with Gasteiger partial charge in [-0.1, -0.05) is 157 Å². The first-order valence-electron chi connectivity index (χ1n) is 19.7. The van der Waals surface area contributed by atoms with E-state index in [-0.39, 0.29) is 11.7 Å². The lowest BCUT2D eigenvalue weighted by Crippen LogP contribution is -2.09. The smallest absolute Gasteiger partial charge is 0.173 e. The van der Waals surface area contributed by atoms with Crippen LogP contribution in [-0.2, 0) is 0 Å². The van der Waals surface area contributed by atoms with Crippen molar-refractivity contribution in [1.29, 1.82) is 5.26 Å². The predicted molar refractivity (Wildman–Crippen MR) is 244 cm³/mol. The zero-order valence-corrected chi connectivity index (χ0v) is 32.4. The van der Waals surface area contributed by atoms with E-state index in [1.807, 2.05) is 97.1 Å². The monoisotopic (exact) mass is 762 g/mol. The van der Waals surface area contributed by atoms with Gasteiger partial charge < -0.3 is 4.90 Å². The molecule has 60 heavy (non-hydrogen) atoms. The Balaban J connectivity index is 1.01. The van der Waals surface area contributed by atoms with E-state index in [0.29, 0.717) is 22.3 Å². The summed E-state index contributed by atoms with van der Waals surface area (Å²) in [5, 5.41) is 14.2. The van der Waals surface area contributed by atoms with Crippen molar-refractivity contribution in [2.45, 2.75) is 0 Å². The molecule has 0 atom stereocenters. The molecular weight excluding hydrogens is 729 g/mol. The molecule has 8 aromatic carbocycles. The number of Topliss-reactive ketones (excluding diaryl/α,β-unsaturated/α-hetero) is 1. The highest BCUT2D eigenvalue weighted by molar-refractivity contribution is 6.10.